The highest BCUT2D eigenvalue weighted by atomic mass is 16.4. The van der Waals surface area contributed by atoms with E-state index in [4.69, 9.17) is 5.11 Å². The minimum absolute atomic E-state index is 0.0546. The largest absolute Gasteiger partial charge is 0.481 e. The van der Waals surface area contributed by atoms with Gasteiger partial charge in [0.15, 0.2) is 5.78 Å². The van der Waals surface area contributed by atoms with Crippen LogP contribution in [0.1, 0.15) is 59.3 Å². The summed E-state index contributed by atoms with van der Waals surface area (Å²) in [6.45, 7) is 5.47. The number of ketones is 2. The molecule has 1 saturated carbocycles. The normalized spacial score (nSPS) is 23.9. The van der Waals surface area contributed by atoms with Crippen LogP contribution in [0.3, 0.4) is 0 Å². The monoisotopic (exact) mass is 268 g/mol. The van der Waals surface area contributed by atoms with E-state index in [1.165, 1.54) is 0 Å². The number of aliphatic carboxylic acids is 1. The van der Waals surface area contributed by atoms with Gasteiger partial charge in [0.05, 0.1) is 5.92 Å². The lowest BCUT2D eigenvalue weighted by atomic mass is 9.76. The van der Waals surface area contributed by atoms with Crippen LogP contribution in [0.2, 0.25) is 0 Å². The van der Waals surface area contributed by atoms with Gasteiger partial charge in [-0.1, -0.05) is 27.2 Å². The molecule has 0 aliphatic heterocycles. The van der Waals surface area contributed by atoms with Gasteiger partial charge in [-0.25, -0.2) is 0 Å². The Kier molecular flexibility index (Phi) is 5.27. The van der Waals surface area contributed by atoms with Gasteiger partial charge in [0.2, 0.25) is 5.78 Å². The van der Waals surface area contributed by atoms with Crippen molar-refractivity contribution in [1.29, 1.82) is 0 Å². The van der Waals surface area contributed by atoms with Gasteiger partial charge in [0.25, 0.3) is 0 Å². The number of carbonyl (C=O) groups is 3. The number of Topliss-reactive ketones (excluding diaryl/α,β-unsaturated/α-hetero) is 2. The zero-order valence-electron chi connectivity index (χ0n) is 12.1. The Bertz CT molecular complexity index is 370. The van der Waals surface area contributed by atoms with Crippen LogP contribution in [0.25, 0.3) is 0 Å². The molecule has 2 atom stereocenters. The summed E-state index contributed by atoms with van der Waals surface area (Å²) in [6.07, 6.45) is 3.76. The van der Waals surface area contributed by atoms with E-state index in [0.29, 0.717) is 19.3 Å². The molecule has 0 spiro atoms. The van der Waals surface area contributed by atoms with E-state index in [0.717, 1.165) is 12.8 Å². The molecule has 4 heteroatoms. The number of hydrogen-bond acceptors (Lipinski definition) is 3. The van der Waals surface area contributed by atoms with Crippen LogP contribution in [-0.4, -0.2) is 22.6 Å². The molecule has 0 amide bonds. The van der Waals surface area contributed by atoms with E-state index in [1.54, 1.807) is 13.8 Å². The smallest absolute Gasteiger partial charge is 0.306 e. The molecule has 0 heterocycles. The Balaban J connectivity index is 2.57. The Morgan fingerprint density at radius 2 is 1.84 bits per heavy atom. The number of rotatable bonds is 6. The average Bonchev–Trinajstić information content (AvgIpc) is 2.38. The van der Waals surface area contributed by atoms with Crippen LogP contribution in [0.4, 0.5) is 0 Å². The summed E-state index contributed by atoms with van der Waals surface area (Å²) >= 11 is 0. The molecule has 0 radical (unpaired) electrons. The third-order valence-corrected chi connectivity index (χ3v) is 4.36. The van der Waals surface area contributed by atoms with Crippen LogP contribution in [0, 0.1) is 17.3 Å². The van der Waals surface area contributed by atoms with E-state index >= 15 is 0 Å². The van der Waals surface area contributed by atoms with Crippen molar-refractivity contribution >= 4 is 17.5 Å². The van der Waals surface area contributed by atoms with Gasteiger partial charge in [0, 0.05) is 11.8 Å². The molecule has 0 aromatic rings. The summed E-state index contributed by atoms with van der Waals surface area (Å²) in [5.74, 6) is -1.72. The van der Waals surface area contributed by atoms with Gasteiger partial charge < -0.3 is 5.11 Å². The average molecular weight is 268 g/mol. The molecular weight excluding hydrogens is 244 g/mol. The topological polar surface area (TPSA) is 71.4 Å². The predicted octanol–water partition coefficient (Wildman–Crippen LogP) is 2.84. The van der Waals surface area contributed by atoms with E-state index in [-0.39, 0.29) is 29.8 Å². The van der Waals surface area contributed by atoms with E-state index < -0.39 is 11.4 Å². The highest BCUT2D eigenvalue weighted by molar-refractivity contribution is 6.39. The number of carboxylic acids is 1. The van der Waals surface area contributed by atoms with Crippen LogP contribution in [-0.2, 0) is 14.4 Å². The van der Waals surface area contributed by atoms with E-state index in [2.05, 4.69) is 0 Å². The molecule has 19 heavy (non-hydrogen) atoms. The third-order valence-electron chi connectivity index (χ3n) is 4.36. The van der Waals surface area contributed by atoms with Gasteiger partial charge in [-0.05, 0) is 31.6 Å². The summed E-state index contributed by atoms with van der Waals surface area (Å²) < 4.78 is 0. The SMILES string of the molecule is CCC(C)(C)C(=O)C(=O)CC1CCC[C@@H](C(=O)O)C1. The molecule has 108 valence electrons. The van der Waals surface area contributed by atoms with Crippen molar-refractivity contribution in [2.75, 3.05) is 0 Å². The fraction of sp³-hybridized carbons (Fsp3) is 0.800. The van der Waals surface area contributed by atoms with Gasteiger partial charge in [-0.2, -0.15) is 0 Å². The quantitative estimate of drug-likeness (QED) is 0.752. The fourth-order valence-electron chi connectivity index (χ4n) is 2.59. The minimum atomic E-state index is -0.780. The Hall–Kier alpha value is -1.19. The standard InChI is InChI=1S/C15H24O4/c1-4-15(2,3)13(17)12(16)9-10-6-5-7-11(8-10)14(18)19/h10-11H,4-9H2,1-3H3,(H,18,19)/t10?,11-/m1/s1. The van der Waals surface area contributed by atoms with Gasteiger partial charge in [0.1, 0.15) is 0 Å². The second-order valence-electron chi connectivity index (χ2n) is 6.26. The first kappa shape index (κ1) is 15.9. The van der Waals surface area contributed by atoms with Crippen molar-refractivity contribution < 1.29 is 19.5 Å². The maximum Gasteiger partial charge on any atom is 0.306 e. The lowest BCUT2D eigenvalue weighted by Gasteiger charge is -2.27. The summed E-state index contributed by atoms with van der Waals surface area (Å²) in [4.78, 5) is 35.0. The van der Waals surface area contributed by atoms with Crippen LogP contribution in [0.5, 0.6) is 0 Å². The highest BCUT2D eigenvalue weighted by Gasteiger charge is 2.34. The lowest BCUT2D eigenvalue weighted by Crippen LogP contribution is -2.33. The minimum Gasteiger partial charge on any atom is -0.481 e. The zero-order chi connectivity index (χ0) is 14.6. The van der Waals surface area contributed by atoms with E-state index in [1.807, 2.05) is 6.92 Å². The molecule has 1 fully saturated rings. The second-order valence-corrected chi connectivity index (χ2v) is 6.26. The second kappa shape index (κ2) is 6.31. The van der Waals surface area contributed by atoms with E-state index in [9.17, 15) is 14.4 Å². The summed E-state index contributed by atoms with van der Waals surface area (Å²) in [6, 6.07) is 0. The molecule has 1 unspecified atom stereocenters. The maximum atomic E-state index is 12.0. The van der Waals surface area contributed by atoms with Crippen molar-refractivity contribution in [2.45, 2.75) is 59.3 Å². The number of hydrogen-bond donors (Lipinski definition) is 1. The maximum absolute atomic E-state index is 12.0. The van der Waals surface area contributed by atoms with Crippen molar-refractivity contribution in [3.8, 4) is 0 Å². The van der Waals surface area contributed by atoms with Crippen LogP contribution in [0.15, 0.2) is 0 Å². The third kappa shape index (κ3) is 4.15. The molecule has 1 aliphatic rings. The molecule has 0 saturated heterocycles. The Morgan fingerprint density at radius 1 is 1.21 bits per heavy atom. The van der Waals surface area contributed by atoms with Gasteiger partial charge in [-0.15, -0.1) is 0 Å². The Morgan fingerprint density at radius 3 is 2.37 bits per heavy atom. The summed E-state index contributed by atoms with van der Waals surface area (Å²) in [7, 11) is 0. The molecule has 0 aromatic carbocycles. The van der Waals surface area contributed by atoms with Gasteiger partial charge in [-0.3, -0.25) is 14.4 Å². The summed E-state index contributed by atoms with van der Waals surface area (Å²) in [5.41, 5.74) is -0.599. The lowest BCUT2D eigenvalue weighted by molar-refractivity contribution is -0.144. The number of carbonyl (C=O) groups excluding carboxylic acids is 2. The van der Waals surface area contributed by atoms with Crippen molar-refractivity contribution in [3.63, 3.8) is 0 Å². The first-order chi connectivity index (χ1) is 8.77. The van der Waals surface area contributed by atoms with Gasteiger partial charge >= 0.3 is 5.97 Å². The summed E-state index contributed by atoms with van der Waals surface area (Å²) in [5, 5.41) is 9.01. The predicted molar refractivity (Wildman–Crippen MR) is 71.8 cm³/mol. The highest BCUT2D eigenvalue weighted by Crippen LogP contribution is 2.32. The Labute approximate surface area is 114 Å². The zero-order valence-corrected chi connectivity index (χ0v) is 12.1. The molecule has 4 nitrogen and oxygen atoms in total. The first-order valence-corrected chi connectivity index (χ1v) is 7.08. The van der Waals surface area contributed by atoms with Crippen molar-refractivity contribution in [1.82, 2.24) is 0 Å². The van der Waals surface area contributed by atoms with Crippen LogP contribution >= 0.6 is 0 Å². The number of carboxylic acid groups (broad SMARTS) is 1. The van der Waals surface area contributed by atoms with Crippen LogP contribution < -0.4 is 0 Å². The fourth-order valence-corrected chi connectivity index (χ4v) is 2.59. The van der Waals surface area contributed by atoms with Crippen molar-refractivity contribution in [3.05, 3.63) is 0 Å². The molecule has 0 aromatic heterocycles. The first-order valence-electron chi connectivity index (χ1n) is 7.08. The van der Waals surface area contributed by atoms with Crippen molar-refractivity contribution in [2.24, 2.45) is 17.3 Å². The molecule has 0 bridgehead atoms. The molecular formula is C15H24O4. The molecule has 1 N–H and O–H groups in total. The molecule has 1 rings (SSSR count). The molecule has 1 aliphatic carbocycles.